The normalized spacial score (nSPS) is 12.0. The number of nitrogens with zero attached hydrogens (tertiary/aromatic N) is 1. The average Bonchev–Trinajstić information content (AvgIpc) is 2.87. The molecule has 0 rings (SSSR count). The largest absolute Gasteiger partial charge is 0.324 e. The van der Waals surface area contributed by atoms with Crippen LogP contribution < -0.4 is 0 Å². The van der Waals surface area contributed by atoms with E-state index in [0.29, 0.717) is 0 Å². The van der Waals surface area contributed by atoms with E-state index in [1.165, 1.54) is 198 Å². The maximum atomic E-state index is 2.35. The molecule has 0 fully saturated rings. The van der Waals surface area contributed by atoms with Crippen LogP contribution in [0.3, 0.4) is 0 Å². The summed E-state index contributed by atoms with van der Waals surface area (Å²) in [7, 11) is 0. The number of quaternary nitrogens is 1. The van der Waals surface area contributed by atoms with Crippen LogP contribution in [0, 0.1) is 0 Å². The predicted octanol–water partition coefficient (Wildman–Crippen LogP) is 12.0. The topological polar surface area (TPSA) is 0 Å². The van der Waals surface area contributed by atoms with Gasteiger partial charge in [0.05, 0.1) is 26.2 Å². The maximum Gasteiger partial charge on any atom is 0.0786 e. The van der Waals surface area contributed by atoms with Gasteiger partial charge in [-0.25, -0.2) is 0 Å². The molecule has 0 aliphatic heterocycles. The second-order valence-corrected chi connectivity index (χ2v) is 12.0. The minimum absolute atomic E-state index is 1.37. The fourth-order valence-electron chi connectivity index (χ4n) is 5.93. The van der Waals surface area contributed by atoms with E-state index in [1.807, 2.05) is 0 Å². The molecule has 0 unspecified atom stereocenters. The molecule has 35 heavy (non-hydrogen) atoms. The number of hydrogen-bond donors (Lipinski definition) is 0. The molecule has 0 bridgehead atoms. The summed E-state index contributed by atoms with van der Waals surface area (Å²) in [6, 6.07) is 0. The standard InChI is InChI=1S/C34H72N/c1-5-9-13-17-20-24-28-32-35(31-27-23-16-12-8-4,33-29-25-21-18-14-10-6-2)34-30-26-22-19-15-11-7-3/h5-34H2,1-4H3/q+1. The lowest BCUT2D eigenvalue weighted by molar-refractivity contribution is -0.929. The molecule has 0 aromatic carbocycles. The molecule has 0 amide bonds. The second kappa shape index (κ2) is 28.5. The van der Waals surface area contributed by atoms with Crippen molar-refractivity contribution in [1.82, 2.24) is 0 Å². The lowest BCUT2D eigenvalue weighted by Gasteiger charge is -2.40. The highest BCUT2D eigenvalue weighted by Crippen LogP contribution is 2.21. The van der Waals surface area contributed by atoms with Crippen LogP contribution in [0.1, 0.15) is 195 Å². The van der Waals surface area contributed by atoms with E-state index in [4.69, 9.17) is 0 Å². The maximum absolute atomic E-state index is 2.35. The Kier molecular flexibility index (Phi) is 28.5. The molecule has 0 aliphatic rings. The van der Waals surface area contributed by atoms with Crippen molar-refractivity contribution in [2.24, 2.45) is 0 Å². The Morgan fingerprint density at radius 1 is 0.229 bits per heavy atom. The van der Waals surface area contributed by atoms with Gasteiger partial charge in [-0.15, -0.1) is 0 Å². The Labute approximate surface area is 225 Å². The van der Waals surface area contributed by atoms with Crippen molar-refractivity contribution in [3.63, 3.8) is 0 Å². The van der Waals surface area contributed by atoms with Crippen molar-refractivity contribution in [2.45, 2.75) is 195 Å². The molecule has 0 spiro atoms. The Balaban J connectivity index is 4.73. The summed E-state index contributed by atoms with van der Waals surface area (Å²) in [6.45, 7) is 15.3. The van der Waals surface area contributed by atoms with Crippen molar-refractivity contribution < 1.29 is 4.48 Å². The van der Waals surface area contributed by atoms with Crippen LogP contribution in [0.25, 0.3) is 0 Å². The third-order valence-corrected chi connectivity index (χ3v) is 8.44. The van der Waals surface area contributed by atoms with Gasteiger partial charge in [-0.1, -0.05) is 143 Å². The van der Waals surface area contributed by atoms with Crippen LogP contribution in [-0.4, -0.2) is 30.7 Å². The zero-order valence-electron chi connectivity index (χ0n) is 25.7. The predicted molar refractivity (Wildman–Crippen MR) is 162 cm³/mol. The molecule has 0 radical (unpaired) electrons. The molecule has 0 saturated heterocycles. The van der Waals surface area contributed by atoms with E-state index in [-0.39, 0.29) is 0 Å². The first kappa shape index (κ1) is 35.0. The fourth-order valence-corrected chi connectivity index (χ4v) is 5.93. The first-order valence-electron chi connectivity index (χ1n) is 17.1. The van der Waals surface area contributed by atoms with Crippen LogP contribution in [-0.2, 0) is 0 Å². The van der Waals surface area contributed by atoms with Gasteiger partial charge in [0.1, 0.15) is 0 Å². The molecule has 0 saturated carbocycles. The number of hydrogen-bond acceptors (Lipinski definition) is 0. The summed E-state index contributed by atoms with van der Waals surface area (Å²) in [5.41, 5.74) is 0. The van der Waals surface area contributed by atoms with Crippen LogP contribution >= 0.6 is 0 Å². The summed E-state index contributed by atoms with van der Waals surface area (Å²) in [5, 5.41) is 0. The van der Waals surface area contributed by atoms with E-state index in [2.05, 4.69) is 27.7 Å². The summed E-state index contributed by atoms with van der Waals surface area (Å²) in [4.78, 5) is 0. The van der Waals surface area contributed by atoms with Crippen molar-refractivity contribution >= 4 is 0 Å². The Morgan fingerprint density at radius 3 is 0.600 bits per heavy atom. The van der Waals surface area contributed by atoms with Crippen LogP contribution in [0.2, 0.25) is 0 Å². The molecule has 1 nitrogen and oxygen atoms in total. The Hall–Kier alpha value is -0.0400. The minimum Gasteiger partial charge on any atom is -0.324 e. The van der Waals surface area contributed by atoms with Crippen LogP contribution in [0.4, 0.5) is 0 Å². The molecular formula is C34H72N+. The van der Waals surface area contributed by atoms with Gasteiger partial charge < -0.3 is 4.48 Å². The lowest BCUT2D eigenvalue weighted by Crippen LogP contribution is -2.50. The molecule has 0 heterocycles. The monoisotopic (exact) mass is 495 g/mol. The highest BCUT2D eigenvalue weighted by molar-refractivity contribution is 4.55. The molecule has 212 valence electrons. The summed E-state index contributed by atoms with van der Waals surface area (Å²) < 4.78 is 1.48. The third kappa shape index (κ3) is 24.1. The van der Waals surface area contributed by atoms with Crippen molar-refractivity contribution in [3.05, 3.63) is 0 Å². The zero-order chi connectivity index (χ0) is 25.7. The molecule has 0 aliphatic carbocycles. The van der Waals surface area contributed by atoms with Crippen molar-refractivity contribution in [1.29, 1.82) is 0 Å². The number of unbranched alkanes of at least 4 members (excludes halogenated alkanes) is 22. The summed E-state index contributed by atoms with van der Waals surface area (Å²) in [5.74, 6) is 0. The van der Waals surface area contributed by atoms with Gasteiger partial charge in [-0.2, -0.15) is 0 Å². The van der Waals surface area contributed by atoms with Gasteiger partial charge in [-0.05, 0) is 51.4 Å². The highest BCUT2D eigenvalue weighted by Gasteiger charge is 2.25. The van der Waals surface area contributed by atoms with Crippen LogP contribution in [0.5, 0.6) is 0 Å². The van der Waals surface area contributed by atoms with Gasteiger partial charge in [0, 0.05) is 0 Å². The SMILES string of the molecule is CCCCCCCCC[N+](CCCCCCC)(CCCCCCCCC)CCCCCCCCC. The van der Waals surface area contributed by atoms with E-state index < -0.39 is 0 Å². The molecule has 0 aromatic rings. The lowest BCUT2D eigenvalue weighted by atomic mass is 10.0. The van der Waals surface area contributed by atoms with Gasteiger partial charge in [0.15, 0.2) is 0 Å². The Bertz CT molecular complexity index is 331. The van der Waals surface area contributed by atoms with E-state index in [0.717, 1.165) is 0 Å². The van der Waals surface area contributed by atoms with Crippen molar-refractivity contribution in [3.8, 4) is 0 Å². The quantitative estimate of drug-likeness (QED) is 0.0687. The second-order valence-electron chi connectivity index (χ2n) is 12.0. The van der Waals surface area contributed by atoms with Crippen LogP contribution in [0.15, 0.2) is 0 Å². The smallest absolute Gasteiger partial charge is 0.0786 e. The first-order valence-corrected chi connectivity index (χ1v) is 17.1. The zero-order valence-corrected chi connectivity index (χ0v) is 25.7. The van der Waals surface area contributed by atoms with Gasteiger partial charge in [0.25, 0.3) is 0 Å². The van der Waals surface area contributed by atoms with E-state index in [1.54, 1.807) is 0 Å². The first-order chi connectivity index (χ1) is 17.2. The Morgan fingerprint density at radius 2 is 0.400 bits per heavy atom. The molecular weight excluding hydrogens is 422 g/mol. The van der Waals surface area contributed by atoms with Crippen molar-refractivity contribution in [2.75, 3.05) is 26.2 Å². The summed E-state index contributed by atoms with van der Waals surface area (Å²) >= 11 is 0. The fraction of sp³-hybridized carbons (Fsp3) is 1.00. The highest BCUT2D eigenvalue weighted by atomic mass is 15.3. The van der Waals surface area contributed by atoms with Gasteiger partial charge >= 0.3 is 0 Å². The molecule has 0 N–H and O–H groups in total. The molecule has 1 heteroatoms. The number of rotatable bonds is 30. The van der Waals surface area contributed by atoms with Gasteiger partial charge in [-0.3, -0.25) is 0 Å². The third-order valence-electron chi connectivity index (χ3n) is 8.44. The minimum atomic E-state index is 1.37. The molecule has 0 aromatic heterocycles. The van der Waals surface area contributed by atoms with E-state index >= 15 is 0 Å². The molecule has 0 atom stereocenters. The van der Waals surface area contributed by atoms with E-state index in [9.17, 15) is 0 Å². The summed E-state index contributed by atoms with van der Waals surface area (Å²) in [6.07, 6.45) is 37.8. The average molecular weight is 495 g/mol. The van der Waals surface area contributed by atoms with Gasteiger partial charge in [0.2, 0.25) is 0 Å².